The molecular weight excluding hydrogens is 273 g/mol. The maximum absolute atomic E-state index is 13.6. The Morgan fingerprint density at radius 2 is 2.20 bits per heavy atom. The van der Waals surface area contributed by atoms with Crippen LogP contribution in [0.15, 0.2) is 18.2 Å². The zero-order valence-corrected chi connectivity index (χ0v) is 13.2. The van der Waals surface area contributed by atoms with Gasteiger partial charge in [0, 0.05) is 6.04 Å². The summed E-state index contributed by atoms with van der Waals surface area (Å²) in [6, 6.07) is 5.55. The van der Waals surface area contributed by atoms with Crippen molar-refractivity contribution >= 4 is 11.6 Å². The molecule has 0 aromatic heterocycles. The Labute approximate surface area is 126 Å². The summed E-state index contributed by atoms with van der Waals surface area (Å²) in [7, 11) is 0. The summed E-state index contributed by atoms with van der Waals surface area (Å²) in [6.45, 7) is 5.52. The number of halogens is 2. The SMILES string of the molecule is CCCNC(Cc1cccc(F)c1Cl)C1CCC(C)C1. The first-order valence-corrected chi connectivity index (χ1v) is 8.15. The van der Waals surface area contributed by atoms with E-state index in [4.69, 9.17) is 11.6 Å². The van der Waals surface area contributed by atoms with Crippen LogP contribution in [0.2, 0.25) is 5.02 Å². The van der Waals surface area contributed by atoms with E-state index >= 15 is 0 Å². The number of nitrogens with one attached hydrogen (secondary N) is 1. The van der Waals surface area contributed by atoms with Crippen molar-refractivity contribution in [3.8, 4) is 0 Å². The molecule has 0 bridgehead atoms. The lowest BCUT2D eigenvalue weighted by Gasteiger charge is -2.25. The molecule has 1 aromatic carbocycles. The normalized spacial score (nSPS) is 24.0. The van der Waals surface area contributed by atoms with Gasteiger partial charge in [0.1, 0.15) is 5.82 Å². The van der Waals surface area contributed by atoms with Crippen molar-refractivity contribution in [1.82, 2.24) is 5.32 Å². The second-order valence-electron chi connectivity index (χ2n) is 6.16. The monoisotopic (exact) mass is 297 g/mol. The van der Waals surface area contributed by atoms with Crippen molar-refractivity contribution in [2.75, 3.05) is 6.54 Å². The van der Waals surface area contributed by atoms with Gasteiger partial charge in [0.05, 0.1) is 5.02 Å². The summed E-state index contributed by atoms with van der Waals surface area (Å²) >= 11 is 6.10. The summed E-state index contributed by atoms with van der Waals surface area (Å²) < 4.78 is 13.6. The van der Waals surface area contributed by atoms with Crippen molar-refractivity contribution in [3.63, 3.8) is 0 Å². The van der Waals surface area contributed by atoms with Gasteiger partial charge in [0.2, 0.25) is 0 Å². The Bertz CT molecular complexity index is 435. The van der Waals surface area contributed by atoms with Gasteiger partial charge >= 0.3 is 0 Å². The van der Waals surface area contributed by atoms with Gasteiger partial charge in [0.25, 0.3) is 0 Å². The van der Waals surface area contributed by atoms with Crippen LogP contribution < -0.4 is 5.32 Å². The van der Waals surface area contributed by atoms with Crippen LogP contribution in [0.4, 0.5) is 4.39 Å². The van der Waals surface area contributed by atoms with Crippen LogP contribution in [0.1, 0.15) is 45.1 Å². The highest BCUT2D eigenvalue weighted by Crippen LogP contribution is 2.34. The van der Waals surface area contributed by atoms with E-state index in [1.807, 2.05) is 6.07 Å². The van der Waals surface area contributed by atoms with Crippen molar-refractivity contribution in [2.45, 2.75) is 52.0 Å². The van der Waals surface area contributed by atoms with E-state index in [0.29, 0.717) is 17.0 Å². The van der Waals surface area contributed by atoms with E-state index in [9.17, 15) is 4.39 Å². The lowest BCUT2D eigenvalue weighted by atomic mass is 9.91. The Balaban J connectivity index is 2.08. The molecular formula is C17H25ClFN. The van der Waals surface area contributed by atoms with E-state index in [2.05, 4.69) is 19.2 Å². The fraction of sp³-hybridized carbons (Fsp3) is 0.647. The second kappa shape index (κ2) is 7.42. The molecule has 0 saturated heterocycles. The van der Waals surface area contributed by atoms with E-state index < -0.39 is 0 Å². The fourth-order valence-corrected chi connectivity index (χ4v) is 3.50. The summed E-state index contributed by atoms with van der Waals surface area (Å²) in [5.74, 6) is 1.20. The molecule has 0 amide bonds. The van der Waals surface area contributed by atoms with Crippen LogP contribution in [-0.2, 0) is 6.42 Å². The largest absolute Gasteiger partial charge is 0.313 e. The van der Waals surface area contributed by atoms with Crippen LogP contribution in [0.25, 0.3) is 0 Å². The molecule has 1 aromatic rings. The van der Waals surface area contributed by atoms with Gasteiger partial charge in [-0.15, -0.1) is 0 Å². The standard InChI is InChI=1S/C17H25ClFN/c1-3-9-20-16(13-8-7-12(2)10-13)11-14-5-4-6-15(19)17(14)18/h4-6,12-13,16,20H,3,7-11H2,1-2H3. The Kier molecular flexibility index (Phi) is 5.86. The maximum atomic E-state index is 13.6. The third-order valence-corrected chi connectivity index (χ3v) is 4.86. The molecule has 3 unspecified atom stereocenters. The Morgan fingerprint density at radius 3 is 2.85 bits per heavy atom. The summed E-state index contributed by atoms with van der Waals surface area (Å²) in [5.41, 5.74) is 0.930. The van der Waals surface area contributed by atoms with Crippen molar-refractivity contribution in [2.24, 2.45) is 11.8 Å². The topological polar surface area (TPSA) is 12.0 Å². The molecule has 1 nitrogen and oxygen atoms in total. The van der Waals surface area contributed by atoms with Crippen molar-refractivity contribution in [1.29, 1.82) is 0 Å². The van der Waals surface area contributed by atoms with Crippen LogP contribution in [-0.4, -0.2) is 12.6 Å². The number of hydrogen-bond acceptors (Lipinski definition) is 1. The molecule has 1 fully saturated rings. The molecule has 0 radical (unpaired) electrons. The summed E-state index contributed by atoms with van der Waals surface area (Å²) in [5, 5.41) is 3.94. The lowest BCUT2D eigenvalue weighted by Crippen LogP contribution is -2.37. The predicted molar refractivity (Wildman–Crippen MR) is 83.7 cm³/mol. The maximum Gasteiger partial charge on any atom is 0.142 e. The molecule has 112 valence electrons. The second-order valence-corrected chi connectivity index (χ2v) is 6.53. The number of benzene rings is 1. The van der Waals surface area contributed by atoms with Crippen LogP contribution in [0, 0.1) is 17.7 Å². The minimum atomic E-state index is -0.307. The van der Waals surface area contributed by atoms with E-state index in [0.717, 1.165) is 30.9 Å². The molecule has 0 heterocycles. The van der Waals surface area contributed by atoms with Crippen molar-refractivity contribution in [3.05, 3.63) is 34.6 Å². The average Bonchev–Trinajstić information content (AvgIpc) is 2.86. The molecule has 1 N–H and O–H groups in total. The minimum absolute atomic E-state index is 0.293. The Morgan fingerprint density at radius 1 is 1.40 bits per heavy atom. The molecule has 0 spiro atoms. The molecule has 20 heavy (non-hydrogen) atoms. The first-order chi connectivity index (χ1) is 9.61. The zero-order chi connectivity index (χ0) is 14.5. The molecule has 3 atom stereocenters. The highest BCUT2D eigenvalue weighted by Gasteiger charge is 2.29. The first-order valence-electron chi connectivity index (χ1n) is 7.78. The Hall–Kier alpha value is -0.600. The van der Waals surface area contributed by atoms with Gasteiger partial charge in [-0.25, -0.2) is 4.39 Å². The molecule has 2 rings (SSSR count). The molecule has 3 heteroatoms. The van der Waals surface area contributed by atoms with Gasteiger partial charge in [0.15, 0.2) is 0 Å². The van der Waals surface area contributed by atoms with Gasteiger partial charge < -0.3 is 5.32 Å². The van der Waals surface area contributed by atoms with Crippen LogP contribution >= 0.6 is 11.6 Å². The molecule has 1 aliphatic rings. The van der Waals surface area contributed by atoms with E-state index in [1.165, 1.54) is 25.3 Å². The number of rotatable bonds is 6. The van der Waals surface area contributed by atoms with Gasteiger partial charge in [-0.3, -0.25) is 0 Å². The summed E-state index contributed by atoms with van der Waals surface area (Å²) in [6.07, 6.45) is 5.80. The first kappa shape index (κ1) is 15.8. The third-order valence-electron chi connectivity index (χ3n) is 4.43. The van der Waals surface area contributed by atoms with Crippen LogP contribution in [0.3, 0.4) is 0 Å². The van der Waals surface area contributed by atoms with E-state index in [-0.39, 0.29) is 5.82 Å². The van der Waals surface area contributed by atoms with E-state index in [1.54, 1.807) is 6.07 Å². The highest BCUT2D eigenvalue weighted by molar-refractivity contribution is 6.31. The molecule has 1 aliphatic carbocycles. The fourth-order valence-electron chi connectivity index (χ4n) is 3.29. The molecule has 1 saturated carbocycles. The average molecular weight is 298 g/mol. The predicted octanol–water partition coefficient (Wildman–Crippen LogP) is 4.83. The third kappa shape index (κ3) is 3.95. The quantitative estimate of drug-likeness (QED) is 0.793. The number of hydrogen-bond donors (Lipinski definition) is 1. The van der Waals surface area contributed by atoms with Gasteiger partial charge in [-0.05, 0) is 55.7 Å². The zero-order valence-electron chi connectivity index (χ0n) is 12.5. The van der Waals surface area contributed by atoms with Gasteiger partial charge in [-0.1, -0.05) is 44.0 Å². The van der Waals surface area contributed by atoms with Crippen molar-refractivity contribution < 1.29 is 4.39 Å². The van der Waals surface area contributed by atoms with Crippen LogP contribution in [0.5, 0.6) is 0 Å². The lowest BCUT2D eigenvalue weighted by molar-refractivity contribution is 0.348. The minimum Gasteiger partial charge on any atom is -0.313 e. The van der Waals surface area contributed by atoms with Gasteiger partial charge in [-0.2, -0.15) is 0 Å². The smallest absolute Gasteiger partial charge is 0.142 e. The molecule has 0 aliphatic heterocycles. The summed E-state index contributed by atoms with van der Waals surface area (Å²) in [4.78, 5) is 0. The highest BCUT2D eigenvalue weighted by atomic mass is 35.5.